The predicted octanol–water partition coefficient (Wildman–Crippen LogP) is 1.80. The molecule has 1 atom stereocenters. The second-order valence-corrected chi connectivity index (χ2v) is 2.89. The van der Waals surface area contributed by atoms with Crippen molar-refractivity contribution >= 4 is 0 Å². The third kappa shape index (κ3) is 1.45. The molecular formula is C7H12F2O. The molecule has 0 aromatic heterocycles. The average Bonchev–Trinajstić information content (AvgIpc) is 1.87. The third-order valence-corrected chi connectivity index (χ3v) is 2.13. The van der Waals surface area contributed by atoms with Crippen LogP contribution in [0.1, 0.15) is 25.7 Å². The number of aliphatic hydroxyl groups excluding tert-OH is 1. The molecule has 60 valence electrons. The maximum atomic E-state index is 12.7. The number of aliphatic hydroxyl groups is 1. The van der Waals surface area contributed by atoms with Crippen molar-refractivity contribution < 1.29 is 13.9 Å². The van der Waals surface area contributed by atoms with E-state index in [-0.39, 0.29) is 13.0 Å². The summed E-state index contributed by atoms with van der Waals surface area (Å²) in [5.74, 6) is -3.38. The topological polar surface area (TPSA) is 20.2 Å². The Hall–Kier alpha value is -0.180. The molecule has 1 nitrogen and oxygen atoms in total. The van der Waals surface area contributed by atoms with Crippen LogP contribution in [-0.4, -0.2) is 17.6 Å². The predicted molar refractivity (Wildman–Crippen MR) is 34.0 cm³/mol. The zero-order valence-corrected chi connectivity index (χ0v) is 5.82. The molecule has 0 unspecified atom stereocenters. The van der Waals surface area contributed by atoms with Gasteiger partial charge < -0.3 is 5.11 Å². The Morgan fingerprint density at radius 2 is 2.10 bits per heavy atom. The summed E-state index contributed by atoms with van der Waals surface area (Å²) >= 11 is 0. The number of alkyl halides is 2. The van der Waals surface area contributed by atoms with Crippen molar-refractivity contribution in [3.05, 3.63) is 0 Å². The lowest BCUT2D eigenvalue weighted by molar-refractivity contribution is -0.101. The van der Waals surface area contributed by atoms with E-state index in [2.05, 4.69) is 0 Å². The van der Waals surface area contributed by atoms with Crippen molar-refractivity contribution in [1.29, 1.82) is 0 Å². The maximum absolute atomic E-state index is 12.7. The standard InChI is InChI=1S/C7H12F2O/c8-7(9)4-2-1-3-6(7)5-10/h6,10H,1-5H2/t6-/m0/s1. The van der Waals surface area contributed by atoms with E-state index in [4.69, 9.17) is 5.11 Å². The number of hydrogen-bond acceptors (Lipinski definition) is 1. The Morgan fingerprint density at radius 3 is 2.50 bits per heavy atom. The summed E-state index contributed by atoms with van der Waals surface area (Å²) in [5, 5.41) is 8.55. The molecule has 0 heterocycles. The first kappa shape index (κ1) is 7.92. The van der Waals surface area contributed by atoms with Gasteiger partial charge in [0.25, 0.3) is 5.92 Å². The van der Waals surface area contributed by atoms with Crippen LogP contribution < -0.4 is 0 Å². The zero-order valence-electron chi connectivity index (χ0n) is 5.82. The Labute approximate surface area is 59.0 Å². The minimum atomic E-state index is -2.60. The van der Waals surface area contributed by atoms with Crippen LogP contribution in [-0.2, 0) is 0 Å². The maximum Gasteiger partial charge on any atom is 0.253 e. The van der Waals surface area contributed by atoms with Gasteiger partial charge in [-0.1, -0.05) is 6.42 Å². The summed E-state index contributed by atoms with van der Waals surface area (Å²) in [4.78, 5) is 0. The van der Waals surface area contributed by atoms with E-state index >= 15 is 0 Å². The van der Waals surface area contributed by atoms with Crippen LogP contribution in [0.5, 0.6) is 0 Å². The van der Waals surface area contributed by atoms with Crippen LogP contribution in [0.25, 0.3) is 0 Å². The molecule has 3 heteroatoms. The molecule has 0 amide bonds. The summed E-state index contributed by atoms with van der Waals surface area (Å²) in [5.41, 5.74) is 0. The van der Waals surface area contributed by atoms with Crippen molar-refractivity contribution in [3.8, 4) is 0 Å². The first-order valence-corrected chi connectivity index (χ1v) is 3.65. The van der Waals surface area contributed by atoms with Crippen LogP contribution in [0.15, 0.2) is 0 Å². The van der Waals surface area contributed by atoms with Crippen LogP contribution in [0.3, 0.4) is 0 Å². The molecule has 1 N–H and O–H groups in total. The molecular weight excluding hydrogens is 138 g/mol. The van der Waals surface area contributed by atoms with Gasteiger partial charge in [-0.25, -0.2) is 8.78 Å². The summed E-state index contributed by atoms with van der Waals surface area (Å²) < 4.78 is 25.4. The lowest BCUT2D eigenvalue weighted by Crippen LogP contribution is -2.33. The lowest BCUT2D eigenvalue weighted by atomic mass is 9.86. The molecule has 1 rings (SSSR count). The average molecular weight is 150 g/mol. The van der Waals surface area contributed by atoms with E-state index in [9.17, 15) is 8.78 Å². The number of hydrogen-bond donors (Lipinski definition) is 1. The first-order valence-electron chi connectivity index (χ1n) is 3.65. The monoisotopic (exact) mass is 150 g/mol. The van der Waals surface area contributed by atoms with E-state index in [1.165, 1.54) is 0 Å². The van der Waals surface area contributed by atoms with Gasteiger partial charge in [0.15, 0.2) is 0 Å². The summed E-state index contributed by atoms with van der Waals surface area (Å²) in [6.45, 7) is -0.368. The normalized spacial score (nSPS) is 32.1. The van der Waals surface area contributed by atoms with Gasteiger partial charge in [-0.2, -0.15) is 0 Å². The van der Waals surface area contributed by atoms with Gasteiger partial charge >= 0.3 is 0 Å². The van der Waals surface area contributed by atoms with Crippen molar-refractivity contribution in [1.82, 2.24) is 0 Å². The SMILES string of the molecule is OC[C@@H]1CCCCC1(F)F. The quantitative estimate of drug-likeness (QED) is 0.604. The van der Waals surface area contributed by atoms with Gasteiger partial charge in [0.1, 0.15) is 0 Å². The van der Waals surface area contributed by atoms with Gasteiger partial charge in [-0.3, -0.25) is 0 Å². The largest absolute Gasteiger partial charge is 0.396 e. The molecule has 10 heavy (non-hydrogen) atoms. The van der Waals surface area contributed by atoms with Crippen molar-refractivity contribution in [2.45, 2.75) is 31.6 Å². The van der Waals surface area contributed by atoms with Crippen LogP contribution >= 0.6 is 0 Å². The molecule has 0 radical (unpaired) electrons. The van der Waals surface area contributed by atoms with Gasteiger partial charge in [0.05, 0.1) is 6.61 Å². The Morgan fingerprint density at radius 1 is 1.40 bits per heavy atom. The van der Waals surface area contributed by atoms with E-state index in [1.807, 2.05) is 0 Å². The summed E-state index contributed by atoms with van der Waals surface area (Å²) in [6.07, 6.45) is 1.87. The highest BCUT2D eigenvalue weighted by molar-refractivity contribution is 4.80. The smallest absolute Gasteiger partial charge is 0.253 e. The molecule has 0 aromatic carbocycles. The molecule has 0 aromatic rings. The molecule has 1 aliphatic rings. The number of rotatable bonds is 1. The first-order chi connectivity index (χ1) is 4.67. The van der Waals surface area contributed by atoms with Crippen molar-refractivity contribution in [3.63, 3.8) is 0 Å². The Kier molecular flexibility index (Phi) is 2.24. The van der Waals surface area contributed by atoms with Crippen molar-refractivity contribution in [2.75, 3.05) is 6.61 Å². The molecule has 1 saturated carbocycles. The summed E-state index contributed by atoms with van der Waals surface area (Å²) in [6, 6.07) is 0. The fourth-order valence-electron chi connectivity index (χ4n) is 1.39. The molecule has 0 spiro atoms. The van der Waals surface area contributed by atoms with Gasteiger partial charge in [-0.05, 0) is 12.8 Å². The zero-order chi connectivity index (χ0) is 7.61. The highest BCUT2D eigenvalue weighted by atomic mass is 19.3. The molecule has 1 aliphatic carbocycles. The number of halogens is 2. The fraction of sp³-hybridized carbons (Fsp3) is 1.00. The van der Waals surface area contributed by atoms with Crippen LogP contribution in [0.2, 0.25) is 0 Å². The second-order valence-electron chi connectivity index (χ2n) is 2.89. The summed E-state index contributed by atoms with van der Waals surface area (Å²) in [7, 11) is 0. The Balaban J connectivity index is 2.51. The van der Waals surface area contributed by atoms with Crippen LogP contribution in [0, 0.1) is 5.92 Å². The van der Waals surface area contributed by atoms with Gasteiger partial charge in [-0.15, -0.1) is 0 Å². The molecule has 0 aliphatic heterocycles. The highest BCUT2D eigenvalue weighted by Gasteiger charge is 2.40. The third-order valence-electron chi connectivity index (χ3n) is 2.13. The lowest BCUT2D eigenvalue weighted by Gasteiger charge is -2.29. The highest BCUT2D eigenvalue weighted by Crippen LogP contribution is 2.37. The Bertz CT molecular complexity index is 114. The van der Waals surface area contributed by atoms with Crippen LogP contribution in [0.4, 0.5) is 8.78 Å². The van der Waals surface area contributed by atoms with Gasteiger partial charge in [0, 0.05) is 12.3 Å². The molecule has 0 bridgehead atoms. The molecule has 0 saturated heterocycles. The minimum absolute atomic E-state index is 0.0434. The van der Waals surface area contributed by atoms with E-state index in [0.717, 1.165) is 6.42 Å². The van der Waals surface area contributed by atoms with Crippen molar-refractivity contribution in [2.24, 2.45) is 5.92 Å². The van der Waals surface area contributed by atoms with E-state index in [0.29, 0.717) is 12.8 Å². The van der Waals surface area contributed by atoms with E-state index < -0.39 is 11.8 Å². The van der Waals surface area contributed by atoms with Gasteiger partial charge in [0.2, 0.25) is 0 Å². The minimum Gasteiger partial charge on any atom is -0.396 e. The fourth-order valence-corrected chi connectivity index (χ4v) is 1.39. The van der Waals surface area contributed by atoms with E-state index in [1.54, 1.807) is 0 Å². The molecule has 1 fully saturated rings. The second kappa shape index (κ2) is 2.82.